The third kappa shape index (κ3) is 4.35. The zero-order valence-electron chi connectivity index (χ0n) is 16.1. The molecule has 1 aromatic carbocycles. The first-order chi connectivity index (χ1) is 12.7. The van der Waals surface area contributed by atoms with E-state index >= 15 is 0 Å². The summed E-state index contributed by atoms with van der Waals surface area (Å²) in [5, 5.41) is 6.72. The summed E-state index contributed by atoms with van der Waals surface area (Å²) in [6.07, 6.45) is 6.55. The number of halogens is 1. The molecular formula is C21H31ClN2O3. The van der Waals surface area contributed by atoms with Crippen molar-refractivity contribution in [1.29, 1.82) is 0 Å². The van der Waals surface area contributed by atoms with Crippen molar-refractivity contribution >= 4 is 18.3 Å². The predicted octanol–water partition coefficient (Wildman–Crippen LogP) is 3.20. The van der Waals surface area contributed by atoms with Crippen molar-refractivity contribution in [3.63, 3.8) is 0 Å². The van der Waals surface area contributed by atoms with E-state index in [-0.39, 0.29) is 29.6 Å². The molecule has 0 bridgehead atoms. The molecule has 0 unspecified atom stereocenters. The molecule has 2 fully saturated rings. The zero-order chi connectivity index (χ0) is 18.0. The summed E-state index contributed by atoms with van der Waals surface area (Å²) in [6.45, 7) is 5.04. The standard InChI is InChI=1S/C21H30N2O3.ClH/c1-15-12-16(6-9-22-15)20(24)23-14-21(7-2-3-8-21)17-4-5-18-19(13-17)26-11-10-25-18;/h4-5,13,15-16,22H,2-3,6-12,14H2,1H3,(H,23,24);1H/t15-,16-;/m0./s1. The molecule has 1 aromatic rings. The molecule has 4 rings (SSSR count). The molecule has 1 saturated heterocycles. The molecule has 0 radical (unpaired) electrons. The number of ether oxygens (including phenoxy) is 2. The largest absolute Gasteiger partial charge is 0.486 e. The number of carbonyl (C=O) groups is 1. The van der Waals surface area contributed by atoms with Gasteiger partial charge in [-0.25, -0.2) is 0 Å². The summed E-state index contributed by atoms with van der Waals surface area (Å²) >= 11 is 0. The maximum absolute atomic E-state index is 12.7. The second-order valence-corrected chi connectivity index (χ2v) is 8.14. The smallest absolute Gasteiger partial charge is 0.223 e. The molecule has 2 heterocycles. The van der Waals surface area contributed by atoms with Gasteiger partial charge < -0.3 is 20.1 Å². The Balaban J connectivity index is 0.00000210. The molecule has 150 valence electrons. The van der Waals surface area contributed by atoms with Crippen molar-refractivity contribution in [2.75, 3.05) is 26.3 Å². The van der Waals surface area contributed by atoms with Gasteiger partial charge in [0.1, 0.15) is 13.2 Å². The Morgan fingerprint density at radius 1 is 1.22 bits per heavy atom. The first-order valence-corrected chi connectivity index (χ1v) is 10.1. The summed E-state index contributed by atoms with van der Waals surface area (Å²) in [4.78, 5) is 12.7. The van der Waals surface area contributed by atoms with Crippen molar-refractivity contribution in [3.8, 4) is 11.5 Å². The summed E-state index contributed by atoms with van der Waals surface area (Å²) in [6, 6.07) is 6.76. The lowest BCUT2D eigenvalue weighted by molar-refractivity contribution is -0.126. The molecule has 2 aliphatic heterocycles. The van der Waals surface area contributed by atoms with Gasteiger partial charge in [0, 0.05) is 23.9 Å². The van der Waals surface area contributed by atoms with Gasteiger partial charge in [0.2, 0.25) is 5.91 Å². The zero-order valence-corrected chi connectivity index (χ0v) is 16.9. The van der Waals surface area contributed by atoms with Gasteiger partial charge in [-0.1, -0.05) is 18.9 Å². The van der Waals surface area contributed by atoms with Gasteiger partial charge in [0.25, 0.3) is 0 Å². The van der Waals surface area contributed by atoms with Crippen LogP contribution in [0.3, 0.4) is 0 Å². The average molecular weight is 395 g/mol. The number of fused-ring (bicyclic) bond motifs is 1. The van der Waals surface area contributed by atoms with Gasteiger partial charge in [-0.05, 0) is 56.8 Å². The highest BCUT2D eigenvalue weighted by atomic mass is 35.5. The van der Waals surface area contributed by atoms with Crippen LogP contribution in [0.2, 0.25) is 0 Å². The van der Waals surface area contributed by atoms with Crippen LogP contribution in [0.25, 0.3) is 0 Å². The Hall–Kier alpha value is -1.46. The first-order valence-electron chi connectivity index (χ1n) is 10.1. The van der Waals surface area contributed by atoms with Crippen molar-refractivity contribution in [2.45, 2.75) is 56.9 Å². The van der Waals surface area contributed by atoms with Crippen LogP contribution in [0.1, 0.15) is 51.0 Å². The van der Waals surface area contributed by atoms with Crippen molar-refractivity contribution in [3.05, 3.63) is 23.8 Å². The second kappa shape index (κ2) is 8.70. The monoisotopic (exact) mass is 394 g/mol. The average Bonchev–Trinajstić information content (AvgIpc) is 3.16. The van der Waals surface area contributed by atoms with Gasteiger partial charge in [-0.2, -0.15) is 0 Å². The summed E-state index contributed by atoms with van der Waals surface area (Å²) in [5.74, 6) is 2.05. The van der Waals surface area contributed by atoms with E-state index in [0.29, 0.717) is 19.3 Å². The van der Waals surface area contributed by atoms with E-state index in [4.69, 9.17) is 9.47 Å². The number of piperidine rings is 1. The maximum Gasteiger partial charge on any atom is 0.223 e. The number of nitrogens with one attached hydrogen (secondary N) is 2. The van der Waals surface area contributed by atoms with Crippen LogP contribution in [0.15, 0.2) is 18.2 Å². The van der Waals surface area contributed by atoms with E-state index in [2.05, 4.69) is 29.7 Å². The molecule has 27 heavy (non-hydrogen) atoms. The number of benzene rings is 1. The highest BCUT2D eigenvalue weighted by Crippen LogP contribution is 2.43. The summed E-state index contributed by atoms with van der Waals surface area (Å²) in [7, 11) is 0. The van der Waals surface area contributed by atoms with Crippen LogP contribution in [0.4, 0.5) is 0 Å². The quantitative estimate of drug-likeness (QED) is 0.823. The van der Waals surface area contributed by atoms with E-state index in [1.807, 2.05) is 6.07 Å². The molecule has 2 atom stereocenters. The van der Waals surface area contributed by atoms with E-state index in [1.54, 1.807) is 0 Å². The minimum atomic E-state index is 0. The lowest BCUT2D eigenvalue weighted by atomic mass is 9.78. The number of amides is 1. The number of rotatable bonds is 4. The fourth-order valence-corrected chi connectivity index (χ4v) is 4.76. The van der Waals surface area contributed by atoms with Crippen LogP contribution in [-0.4, -0.2) is 38.3 Å². The van der Waals surface area contributed by atoms with E-state index < -0.39 is 0 Å². The number of hydrogen-bond acceptors (Lipinski definition) is 4. The molecule has 1 aliphatic carbocycles. The van der Waals surface area contributed by atoms with Crippen LogP contribution >= 0.6 is 12.4 Å². The molecule has 0 aromatic heterocycles. The SMILES string of the molecule is C[C@H]1C[C@@H](C(=O)NCC2(c3ccc4c(c3)OCCO4)CCCC2)CCN1.Cl. The minimum Gasteiger partial charge on any atom is -0.486 e. The molecule has 2 N–H and O–H groups in total. The molecule has 3 aliphatic rings. The number of carbonyl (C=O) groups excluding carboxylic acids is 1. The Bertz CT molecular complexity index is 661. The van der Waals surface area contributed by atoms with Crippen LogP contribution in [-0.2, 0) is 10.2 Å². The number of hydrogen-bond donors (Lipinski definition) is 2. The van der Waals surface area contributed by atoms with Gasteiger partial charge in [-0.15, -0.1) is 12.4 Å². The Morgan fingerprint density at radius 3 is 2.70 bits per heavy atom. The molecule has 5 nitrogen and oxygen atoms in total. The molecular weight excluding hydrogens is 364 g/mol. The summed E-state index contributed by atoms with van der Waals surface area (Å²) < 4.78 is 11.4. The minimum absolute atomic E-state index is 0. The molecule has 1 amide bonds. The Kier molecular flexibility index (Phi) is 6.53. The molecule has 6 heteroatoms. The van der Waals surface area contributed by atoms with Crippen LogP contribution in [0, 0.1) is 5.92 Å². The van der Waals surface area contributed by atoms with E-state index in [9.17, 15) is 4.79 Å². The fourth-order valence-electron chi connectivity index (χ4n) is 4.76. The first kappa shape index (κ1) is 20.3. The summed E-state index contributed by atoms with van der Waals surface area (Å²) in [5.41, 5.74) is 1.31. The van der Waals surface area contributed by atoms with Crippen molar-refractivity contribution in [1.82, 2.24) is 10.6 Å². The lowest BCUT2D eigenvalue weighted by Gasteiger charge is -2.33. The Morgan fingerprint density at radius 2 is 1.96 bits per heavy atom. The third-order valence-electron chi connectivity index (χ3n) is 6.31. The topological polar surface area (TPSA) is 59.6 Å². The van der Waals surface area contributed by atoms with E-state index in [1.165, 1.54) is 18.4 Å². The predicted molar refractivity (Wildman–Crippen MR) is 108 cm³/mol. The highest BCUT2D eigenvalue weighted by molar-refractivity contribution is 5.85. The van der Waals surface area contributed by atoms with Gasteiger partial charge in [-0.3, -0.25) is 4.79 Å². The van der Waals surface area contributed by atoms with Gasteiger partial charge in [0.15, 0.2) is 11.5 Å². The van der Waals surface area contributed by atoms with Crippen LogP contribution < -0.4 is 20.1 Å². The highest BCUT2D eigenvalue weighted by Gasteiger charge is 2.37. The lowest BCUT2D eigenvalue weighted by Crippen LogP contribution is -2.46. The van der Waals surface area contributed by atoms with Crippen molar-refractivity contribution < 1.29 is 14.3 Å². The van der Waals surface area contributed by atoms with E-state index in [0.717, 1.165) is 50.3 Å². The normalized spacial score (nSPS) is 26.1. The second-order valence-electron chi connectivity index (χ2n) is 8.14. The van der Waals surface area contributed by atoms with Crippen molar-refractivity contribution in [2.24, 2.45) is 5.92 Å². The maximum atomic E-state index is 12.7. The third-order valence-corrected chi connectivity index (χ3v) is 6.31. The Labute approximate surface area is 168 Å². The van der Waals surface area contributed by atoms with Crippen LogP contribution in [0.5, 0.6) is 11.5 Å². The van der Waals surface area contributed by atoms with Gasteiger partial charge >= 0.3 is 0 Å². The fraction of sp³-hybridized carbons (Fsp3) is 0.667. The molecule has 0 spiro atoms. The van der Waals surface area contributed by atoms with Gasteiger partial charge in [0.05, 0.1) is 0 Å². The molecule has 1 saturated carbocycles.